The fraction of sp³-hybridized carbons (Fsp3) is 0.462. The van der Waals surface area contributed by atoms with Gasteiger partial charge in [0.2, 0.25) is 0 Å². The second-order valence-corrected chi connectivity index (χ2v) is 6.45. The SMILES string of the molecule is Cc1nn(CCCNC(=O)c2nn(C)c(C)c2Br)cc1Br. The highest BCUT2D eigenvalue weighted by molar-refractivity contribution is 9.10. The van der Waals surface area contributed by atoms with Gasteiger partial charge < -0.3 is 5.32 Å². The molecule has 0 unspecified atom stereocenters. The number of aromatic nitrogens is 4. The van der Waals surface area contributed by atoms with Gasteiger partial charge in [0.1, 0.15) is 0 Å². The zero-order valence-electron chi connectivity index (χ0n) is 12.2. The topological polar surface area (TPSA) is 64.7 Å². The van der Waals surface area contributed by atoms with E-state index in [0.29, 0.717) is 12.2 Å². The molecule has 2 heterocycles. The van der Waals surface area contributed by atoms with E-state index in [1.807, 2.05) is 31.8 Å². The van der Waals surface area contributed by atoms with Gasteiger partial charge in [-0.25, -0.2) is 0 Å². The molecule has 0 bridgehead atoms. The number of rotatable bonds is 5. The Hall–Kier alpha value is -1.15. The summed E-state index contributed by atoms with van der Waals surface area (Å²) in [5.41, 5.74) is 2.32. The summed E-state index contributed by atoms with van der Waals surface area (Å²) >= 11 is 6.82. The van der Waals surface area contributed by atoms with Gasteiger partial charge in [0.15, 0.2) is 5.69 Å². The number of nitrogens with one attached hydrogen (secondary N) is 1. The largest absolute Gasteiger partial charge is 0.351 e. The smallest absolute Gasteiger partial charge is 0.272 e. The van der Waals surface area contributed by atoms with E-state index in [4.69, 9.17) is 0 Å². The lowest BCUT2D eigenvalue weighted by Gasteiger charge is -2.04. The molecule has 0 atom stereocenters. The zero-order valence-corrected chi connectivity index (χ0v) is 15.3. The van der Waals surface area contributed by atoms with Gasteiger partial charge in [-0.3, -0.25) is 14.2 Å². The molecular weight excluding hydrogens is 402 g/mol. The predicted octanol–water partition coefficient (Wildman–Crippen LogP) is 2.58. The van der Waals surface area contributed by atoms with Crippen LogP contribution < -0.4 is 5.32 Å². The van der Waals surface area contributed by atoms with E-state index >= 15 is 0 Å². The molecule has 6 nitrogen and oxygen atoms in total. The molecule has 0 spiro atoms. The summed E-state index contributed by atoms with van der Waals surface area (Å²) in [4.78, 5) is 12.1. The molecule has 0 radical (unpaired) electrons. The van der Waals surface area contributed by atoms with Gasteiger partial charge in [-0.05, 0) is 52.1 Å². The first-order valence-electron chi connectivity index (χ1n) is 6.57. The fourth-order valence-corrected chi connectivity index (χ4v) is 2.69. The monoisotopic (exact) mass is 417 g/mol. The maximum Gasteiger partial charge on any atom is 0.272 e. The average Bonchev–Trinajstić information content (AvgIpc) is 2.89. The molecule has 21 heavy (non-hydrogen) atoms. The minimum atomic E-state index is -0.164. The minimum absolute atomic E-state index is 0.164. The Kier molecular flexibility index (Phi) is 5.21. The Labute approximate surface area is 140 Å². The Balaban J connectivity index is 1.83. The van der Waals surface area contributed by atoms with E-state index in [0.717, 1.165) is 33.3 Å². The van der Waals surface area contributed by atoms with Gasteiger partial charge >= 0.3 is 0 Å². The van der Waals surface area contributed by atoms with Gasteiger partial charge in [0.05, 0.1) is 20.3 Å². The molecule has 114 valence electrons. The number of hydrogen-bond acceptors (Lipinski definition) is 3. The Bertz CT molecular complexity index is 642. The summed E-state index contributed by atoms with van der Waals surface area (Å²) in [7, 11) is 1.81. The van der Waals surface area contributed by atoms with Crippen LogP contribution in [0.5, 0.6) is 0 Å². The number of carbonyl (C=O) groups is 1. The van der Waals surface area contributed by atoms with E-state index < -0.39 is 0 Å². The van der Waals surface area contributed by atoms with Crippen LogP contribution in [0.15, 0.2) is 15.1 Å². The highest BCUT2D eigenvalue weighted by Gasteiger charge is 2.17. The van der Waals surface area contributed by atoms with Crippen molar-refractivity contribution in [2.45, 2.75) is 26.8 Å². The summed E-state index contributed by atoms with van der Waals surface area (Å²) in [6.45, 7) is 5.20. The number of amides is 1. The summed E-state index contributed by atoms with van der Waals surface area (Å²) in [5, 5.41) is 11.4. The third-order valence-corrected chi connectivity index (χ3v) is 4.94. The van der Waals surface area contributed by atoms with Crippen LogP contribution in [-0.2, 0) is 13.6 Å². The number of nitrogens with zero attached hydrogens (tertiary/aromatic N) is 4. The minimum Gasteiger partial charge on any atom is -0.351 e. The third-order valence-electron chi connectivity index (χ3n) is 3.21. The van der Waals surface area contributed by atoms with Crippen LogP contribution >= 0.6 is 31.9 Å². The molecule has 2 aromatic rings. The molecule has 0 aliphatic rings. The molecule has 2 aromatic heterocycles. The van der Waals surface area contributed by atoms with Gasteiger partial charge in [0.25, 0.3) is 5.91 Å². The maximum absolute atomic E-state index is 12.1. The van der Waals surface area contributed by atoms with Gasteiger partial charge in [-0.2, -0.15) is 10.2 Å². The lowest BCUT2D eigenvalue weighted by atomic mass is 10.3. The van der Waals surface area contributed by atoms with Crippen molar-refractivity contribution in [3.63, 3.8) is 0 Å². The molecule has 0 aliphatic carbocycles. The lowest BCUT2D eigenvalue weighted by Crippen LogP contribution is -2.26. The Morgan fingerprint density at radius 1 is 1.33 bits per heavy atom. The molecule has 8 heteroatoms. The summed E-state index contributed by atoms with van der Waals surface area (Å²) < 4.78 is 5.30. The predicted molar refractivity (Wildman–Crippen MR) is 87.3 cm³/mol. The molecule has 1 N–H and O–H groups in total. The molecule has 0 fully saturated rings. The molecule has 0 saturated carbocycles. The number of carbonyl (C=O) groups excluding carboxylic acids is 1. The number of hydrogen-bond donors (Lipinski definition) is 1. The van der Waals surface area contributed by atoms with E-state index in [9.17, 15) is 4.79 Å². The van der Waals surface area contributed by atoms with Crippen LogP contribution in [0.4, 0.5) is 0 Å². The van der Waals surface area contributed by atoms with Gasteiger partial charge in [0, 0.05) is 26.3 Å². The van der Waals surface area contributed by atoms with Crippen molar-refractivity contribution in [3.8, 4) is 0 Å². The zero-order chi connectivity index (χ0) is 15.6. The molecule has 2 rings (SSSR count). The van der Waals surface area contributed by atoms with Crippen LogP contribution in [0.3, 0.4) is 0 Å². The first-order chi connectivity index (χ1) is 9.90. The maximum atomic E-state index is 12.1. The molecule has 0 aliphatic heterocycles. The van der Waals surface area contributed by atoms with Crippen molar-refractivity contribution in [1.29, 1.82) is 0 Å². The number of aryl methyl sites for hydroxylation is 3. The summed E-state index contributed by atoms with van der Waals surface area (Å²) in [5.74, 6) is -0.164. The standard InChI is InChI=1S/C13H17Br2N5O/c1-8-10(14)7-20(17-8)6-4-5-16-13(21)12-11(15)9(2)19(3)18-12/h7H,4-6H2,1-3H3,(H,16,21). The van der Waals surface area contributed by atoms with Crippen LogP contribution in [0.25, 0.3) is 0 Å². The molecule has 1 amide bonds. The highest BCUT2D eigenvalue weighted by atomic mass is 79.9. The normalized spacial score (nSPS) is 10.9. The van der Waals surface area contributed by atoms with Crippen LogP contribution in [0.2, 0.25) is 0 Å². The quantitative estimate of drug-likeness (QED) is 0.759. The van der Waals surface area contributed by atoms with E-state index in [2.05, 4.69) is 47.4 Å². The van der Waals surface area contributed by atoms with Crippen molar-refractivity contribution >= 4 is 37.8 Å². The van der Waals surface area contributed by atoms with Crippen LogP contribution in [0, 0.1) is 13.8 Å². The van der Waals surface area contributed by atoms with Crippen molar-refractivity contribution in [2.75, 3.05) is 6.54 Å². The van der Waals surface area contributed by atoms with E-state index in [1.54, 1.807) is 4.68 Å². The van der Waals surface area contributed by atoms with Crippen molar-refractivity contribution in [2.24, 2.45) is 7.05 Å². The van der Waals surface area contributed by atoms with Crippen molar-refractivity contribution in [1.82, 2.24) is 24.9 Å². The van der Waals surface area contributed by atoms with E-state index in [1.165, 1.54) is 0 Å². The Morgan fingerprint density at radius 2 is 2.05 bits per heavy atom. The van der Waals surface area contributed by atoms with Gasteiger partial charge in [-0.1, -0.05) is 0 Å². The summed E-state index contributed by atoms with van der Waals surface area (Å²) in [6, 6.07) is 0. The molecule has 0 aromatic carbocycles. The third kappa shape index (κ3) is 3.74. The molecule has 0 saturated heterocycles. The summed E-state index contributed by atoms with van der Waals surface area (Å²) in [6.07, 6.45) is 2.75. The van der Waals surface area contributed by atoms with Gasteiger partial charge in [-0.15, -0.1) is 0 Å². The highest BCUT2D eigenvalue weighted by Crippen LogP contribution is 2.19. The first kappa shape index (κ1) is 16.2. The lowest BCUT2D eigenvalue weighted by molar-refractivity contribution is 0.0946. The van der Waals surface area contributed by atoms with Crippen LogP contribution in [0.1, 0.15) is 28.3 Å². The average molecular weight is 419 g/mol. The van der Waals surface area contributed by atoms with E-state index in [-0.39, 0.29) is 5.91 Å². The Morgan fingerprint density at radius 3 is 2.57 bits per heavy atom. The first-order valence-corrected chi connectivity index (χ1v) is 8.15. The van der Waals surface area contributed by atoms with Crippen molar-refractivity contribution in [3.05, 3.63) is 32.2 Å². The second-order valence-electron chi connectivity index (χ2n) is 4.81. The van der Waals surface area contributed by atoms with Crippen LogP contribution in [-0.4, -0.2) is 32.0 Å². The molecular formula is C13H17Br2N5O. The number of halogens is 2. The van der Waals surface area contributed by atoms with Crippen molar-refractivity contribution < 1.29 is 4.79 Å². The fourth-order valence-electron chi connectivity index (χ4n) is 1.86. The second kappa shape index (κ2) is 6.74.